The lowest BCUT2D eigenvalue weighted by Crippen LogP contribution is -2.61. The van der Waals surface area contributed by atoms with Gasteiger partial charge in [-0.3, -0.25) is 0 Å². The monoisotopic (exact) mass is 1640 g/mol. The summed E-state index contributed by atoms with van der Waals surface area (Å²) >= 11 is 0. The molecule has 4 heterocycles. The summed E-state index contributed by atoms with van der Waals surface area (Å²) in [5.41, 5.74) is 40.9. The second-order valence-electron chi connectivity index (χ2n) is 40.5. The number of hydrogen-bond donors (Lipinski definition) is 0. The first-order chi connectivity index (χ1) is 61.1. The first kappa shape index (κ1) is 80.1. The van der Waals surface area contributed by atoms with E-state index in [1.807, 2.05) is 0 Å². The minimum absolute atomic E-state index is 0.186. The molecule has 2 aromatic heterocycles. The molecule has 4 nitrogen and oxygen atoms in total. The van der Waals surface area contributed by atoms with Gasteiger partial charge in [0.1, 0.15) is 22.3 Å². The van der Waals surface area contributed by atoms with Crippen LogP contribution in [-0.2, 0) is 27.1 Å². The highest BCUT2D eigenvalue weighted by Crippen LogP contribution is 2.58. The quantitative estimate of drug-likeness (QED) is 0.114. The summed E-state index contributed by atoms with van der Waals surface area (Å²) in [5, 5.41) is 4.24. The smallest absolute Gasteiger partial charge is 0.252 e. The van der Waals surface area contributed by atoms with Gasteiger partial charge in [-0.25, -0.2) is 0 Å². The third kappa shape index (κ3) is 14.3. The Morgan fingerprint density at radius 2 is 0.504 bits per heavy atom. The number of furan rings is 2. The summed E-state index contributed by atoms with van der Waals surface area (Å²) in [6, 6.07) is 139. The topological polar surface area (TPSA) is 32.8 Å². The second-order valence-corrected chi connectivity index (χ2v) is 40.5. The summed E-state index contributed by atoms with van der Waals surface area (Å²) in [6.07, 6.45) is 0. The lowest BCUT2D eigenvalue weighted by Gasteiger charge is -2.46. The zero-order valence-electron chi connectivity index (χ0n) is 75.4. The fourth-order valence-electron chi connectivity index (χ4n) is 19.8. The van der Waals surface area contributed by atoms with E-state index in [1.165, 1.54) is 55.3 Å². The first-order valence-electron chi connectivity index (χ1n) is 45.1. The van der Waals surface area contributed by atoms with Crippen LogP contribution < -0.4 is 26.2 Å². The van der Waals surface area contributed by atoms with Gasteiger partial charge < -0.3 is 18.6 Å². The standard InChI is InChI=1S/C122H105BN2O2/c1-118(2,3)90-63-86(78-41-25-18-26-42-78)62-87(64-90)82-55-57-103-106(68-82)125(116-99(79-43-27-19-28-44-79)72-93(121(10,11)12)73-100(116)80-45-29-20-30-46-80)108-70-89(88-65-91(119(4,5)6)71-92(66-88)120(7,8)9)69-107-115(108)123(103)104-67-81(85-60-83(76-37-21-16-22-38-76)59-84(61-85)77-39-23-17-24-40-77)56-58-105(104)124(107)117-101(95-49-35-53-111-113(95)97-47-31-33-51-109(97)126-111)74-94(122(13,14)15)75-102(117)96-50-36-54-112-114(96)98-48-32-34-52-110(98)127-112/h16-75H,1-15H3. The molecule has 17 aromatic carbocycles. The third-order valence-corrected chi connectivity index (χ3v) is 26.7. The molecule has 0 amide bonds. The van der Waals surface area contributed by atoms with Crippen molar-refractivity contribution in [1.82, 2.24) is 0 Å². The Hall–Kier alpha value is -14.0. The number of nitrogens with zero attached hydrogens (tertiary/aromatic N) is 2. The number of fused-ring (bicyclic) bond motifs is 10. The van der Waals surface area contributed by atoms with Gasteiger partial charge >= 0.3 is 0 Å². The number of rotatable bonds is 12. The molecule has 0 saturated heterocycles. The van der Waals surface area contributed by atoms with Crippen LogP contribution in [0.15, 0.2) is 373 Å². The van der Waals surface area contributed by atoms with Crippen molar-refractivity contribution in [2.24, 2.45) is 0 Å². The van der Waals surface area contributed by atoms with Gasteiger partial charge in [-0.2, -0.15) is 0 Å². The van der Waals surface area contributed by atoms with Crippen molar-refractivity contribution < 1.29 is 8.83 Å². The molecule has 127 heavy (non-hydrogen) atoms. The maximum absolute atomic E-state index is 7.08. The molecule has 19 aromatic rings. The molecule has 5 heteroatoms. The summed E-state index contributed by atoms with van der Waals surface area (Å²) in [4.78, 5) is 5.52. The van der Waals surface area contributed by atoms with Crippen molar-refractivity contribution in [3.05, 3.63) is 392 Å². The SMILES string of the molecule is CC(C)(C)c1cc(-c2ccccc2)cc(-c2ccc3c(c2)N(c2c(-c4ccccc4)cc(C(C)(C)C)cc2-c2ccccc2)c2cc(-c4cc(C(C)(C)C)cc(C(C)(C)C)c4)cc4c2B3c2cc(-c3cc(-c5ccccc5)cc(-c5ccccc5)c3)ccc2N4c2c(-c3cccc4oc5ccccc5c34)cc(C(C)(C)C)cc2-c2cccc3oc4ccccc4c23)c1. The van der Waals surface area contributed by atoms with E-state index in [4.69, 9.17) is 8.83 Å². The van der Waals surface area contributed by atoms with Crippen molar-refractivity contribution in [3.63, 3.8) is 0 Å². The van der Waals surface area contributed by atoms with Crippen molar-refractivity contribution in [1.29, 1.82) is 0 Å². The van der Waals surface area contributed by atoms with E-state index in [9.17, 15) is 0 Å². The maximum atomic E-state index is 7.08. The molecule has 0 saturated carbocycles. The van der Waals surface area contributed by atoms with Crippen molar-refractivity contribution in [2.75, 3.05) is 9.80 Å². The summed E-state index contributed by atoms with van der Waals surface area (Å²) in [5.74, 6) is 0. The predicted molar refractivity (Wildman–Crippen MR) is 543 cm³/mol. The van der Waals surface area contributed by atoms with Crippen molar-refractivity contribution >= 4 is 101 Å². The van der Waals surface area contributed by atoms with E-state index >= 15 is 0 Å². The average molecular weight is 1640 g/mol. The average Bonchev–Trinajstić information content (AvgIpc) is 1.03. The van der Waals surface area contributed by atoms with Gasteiger partial charge in [0.25, 0.3) is 6.71 Å². The Labute approximate surface area is 748 Å². The molecule has 0 spiro atoms. The molecule has 0 radical (unpaired) electrons. The minimum Gasteiger partial charge on any atom is -0.456 e. The number of hydrogen-bond acceptors (Lipinski definition) is 4. The fourth-order valence-corrected chi connectivity index (χ4v) is 19.8. The summed E-state index contributed by atoms with van der Waals surface area (Å²) in [7, 11) is 0. The predicted octanol–water partition coefficient (Wildman–Crippen LogP) is 32.7. The highest BCUT2D eigenvalue weighted by molar-refractivity contribution is 7.00. The van der Waals surface area contributed by atoms with Gasteiger partial charge in [0.2, 0.25) is 0 Å². The van der Waals surface area contributed by atoms with E-state index in [0.29, 0.717) is 0 Å². The summed E-state index contributed by atoms with van der Waals surface area (Å²) < 4.78 is 14.2. The van der Waals surface area contributed by atoms with Crippen LogP contribution in [0, 0.1) is 0 Å². The molecule has 0 N–H and O–H groups in total. The van der Waals surface area contributed by atoms with Crippen LogP contribution in [0.1, 0.15) is 132 Å². The second kappa shape index (κ2) is 30.4. The van der Waals surface area contributed by atoms with Gasteiger partial charge in [-0.15, -0.1) is 0 Å². The Kier molecular flexibility index (Phi) is 19.2. The van der Waals surface area contributed by atoms with Crippen LogP contribution >= 0.6 is 0 Å². The van der Waals surface area contributed by atoms with Crippen molar-refractivity contribution in [3.8, 4) is 111 Å². The number of anilines is 6. The summed E-state index contributed by atoms with van der Waals surface area (Å²) in [6.45, 7) is 35.1. The maximum Gasteiger partial charge on any atom is 0.252 e. The fraction of sp³-hybridized carbons (Fsp3) is 0.164. The molecule has 21 rings (SSSR count). The molecular formula is C122H105BN2O2. The van der Waals surface area contributed by atoms with Crippen molar-refractivity contribution in [2.45, 2.75) is 131 Å². The van der Waals surface area contributed by atoms with E-state index in [1.54, 1.807) is 0 Å². The third-order valence-electron chi connectivity index (χ3n) is 26.7. The van der Waals surface area contributed by atoms with Crippen LogP contribution in [0.4, 0.5) is 34.1 Å². The highest BCUT2D eigenvalue weighted by atomic mass is 16.3. The van der Waals surface area contributed by atoms with E-state index < -0.39 is 0 Å². The Bertz CT molecular complexity index is 7280. The minimum atomic E-state index is -0.388. The van der Waals surface area contributed by atoms with Crippen LogP contribution in [-0.4, -0.2) is 6.71 Å². The Morgan fingerprint density at radius 3 is 0.937 bits per heavy atom. The molecule has 0 atom stereocenters. The molecular weight excluding hydrogens is 1540 g/mol. The van der Waals surface area contributed by atoms with E-state index in [0.717, 1.165) is 178 Å². The normalized spacial score (nSPS) is 13.0. The highest BCUT2D eigenvalue weighted by Gasteiger charge is 2.47. The van der Waals surface area contributed by atoms with Gasteiger partial charge in [0.05, 0.1) is 11.4 Å². The van der Waals surface area contributed by atoms with E-state index in [-0.39, 0.29) is 33.8 Å². The van der Waals surface area contributed by atoms with Gasteiger partial charge in [0, 0.05) is 66.5 Å². The molecule has 0 unspecified atom stereocenters. The first-order valence-corrected chi connectivity index (χ1v) is 45.1. The molecule has 2 aliphatic rings. The van der Waals surface area contributed by atoms with Crippen LogP contribution in [0.5, 0.6) is 0 Å². The van der Waals surface area contributed by atoms with Crippen LogP contribution in [0.3, 0.4) is 0 Å². The molecule has 618 valence electrons. The van der Waals surface area contributed by atoms with Gasteiger partial charge in [0.15, 0.2) is 0 Å². The Balaban J connectivity index is 0.989. The largest absolute Gasteiger partial charge is 0.456 e. The zero-order valence-corrected chi connectivity index (χ0v) is 75.4. The van der Waals surface area contributed by atoms with Crippen LogP contribution in [0.2, 0.25) is 0 Å². The van der Waals surface area contributed by atoms with Gasteiger partial charge in [-0.05, 0) is 257 Å². The molecule has 0 fully saturated rings. The van der Waals surface area contributed by atoms with Crippen LogP contribution in [0.25, 0.3) is 155 Å². The Morgan fingerprint density at radius 1 is 0.197 bits per heavy atom. The lowest BCUT2D eigenvalue weighted by molar-refractivity contribution is 0.569. The molecule has 0 bridgehead atoms. The number of benzene rings is 17. The molecule has 2 aliphatic heterocycles. The van der Waals surface area contributed by atoms with Gasteiger partial charge in [-0.1, -0.05) is 371 Å². The van der Waals surface area contributed by atoms with E-state index in [2.05, 4.69) is 478 Å². The number of para-hydroxylation sites is 2. The zero-order chi connectivity index (χ0) is 87.3. The lowest BCUT2D eigenvalue weighted by atomic mass is 9.33. The molecule has 0 aliphatic carbocycles.